The lowest BCUT2D eigenvalue weighted by Gasteiger charge is -2.03. The quantitative estimate of drug-likeness (QED) is 0.916. The number of anilines is 1. The van der Waals surface area contributed by atoms with E-state index in [2.05, 4.69) is 10.4 Å². The molecule has 0 unspecified atom stereocenters. The van der Waals surface area contributed by atoms with Crippen LogP contribution in [-0.2, 0) is 13.1 Å². The third-order valence-electron chi connectivity index (χ3n) is 2.34. The zero-order chi connectivity index (χ0) is 13.0. The molecule has 0 atom stereocenters. The van der Waals surface area contributed by atoms with Crippen molar-refractivity contribution in [2.75, 3.05) is 5.32 Å². The molecule has 0 aliphatic carbocycles. The molecule has 0 aliphatic heterocycles. The first-order valence-electron chi connectivity index (χ1n) is 5.42. The van der Waals surface area contributed by atoms with Gasteiger partial charge in [-0.2, -0.15) is 5.10 Å². The summed E-state index contributed by atoms with van der Waals surface area (Å²) in [6, 6.07) is 6.17. The topological polar surface area (TPSA) is 29.9 Å². The molecule has 2 rings (SSSR count). The van der Waals surface area contributed by atoms with Crippen molar-refractivity contribution in [2.45, 2.75) is 19.5 Å². The van der Waals surface area contributed by atoms with Crippen molar-refractivity contribution in [3.63, 3.8) is 0 Å². The normalized spacial score (nSPS) is 10.3. The number of nitrogens with zero attached hydrogens (tertiary/aromatic N) is 2. The Morgan fingerprint density at radius 2 is 2.11 bits per heavy atom. The van der Waals surface area contributed by atoms with Crippen molar-refractivity contribution in [3.05, 3.63) is 48.0 Å². The molecule has 0 aliphatic rings. The fourth-order valence-electron chi connectivity index (χ4n) is 1.55. The average Bonchev–Trinajstić information content (AvgIpc) is 2.73. The van der Waals surface area contributed by atoms with Gasteiger partial charge < -0.3 is 5.32 Å². The van der Waals surface area contributed by atoms with Crippen LogP contribution >= 0.6 is 12.4 Å². The van der Waals surface area contributed by atoms with Crippen LogP contribution in [0.5, 0.6) is 0 Å². The first-order chi connectivity index (χ1) is 8.63. The number of benzene rings is 1. The molecular weight excluding hydrogens is 279 g/mol. The molecule has 0 bridgehead atoms. The van der Waals surface area contributed by atoms with E-state index in [9.17, 15) is 13.2 Å². The summed E-state index contributed by atoms with van der Waals surface area (Å²) in [5.74, 6) is -0.303. The summed E-state index contributed by atoms with van der Waals surface area (Å²) < 4.78 is 38.3. The fourth-order valence-corrected chi connectivity index (χ4v) is 1.55. The molecule has 7 heteroatoms. The van der Waals surface area contributed by atoms with E-state index in [0.717, 1.165) is 5.56 Å². The summed E-state index contributed by atoms with van der Waals surface area (Å²) in [5.41, 5.74) is 1.40. The molecule has 3 nitrogen and oxygen atoms in total. The fraction of sp³-hybridized carbons (Fsp3) is 0.250. The van der Waals surface area contributed by atoms with Crippen molar-refractivity contribution in [1.82, 2.24) is 9.78 Å². The first-order valence-corrected chi connectivity index (χ1v) is 5.42. The predicted molar refractivity (Wildman–Crippen MR) is 69.2 cm³/mol. The Labute approximate surface area is 114 Å². The molecular formula is C12H13ClF3N3. The van der Waals surface area contributed by atoms with Crippen molar-refractivity contribution in [3.8, 4) is 0 Å². The number of rotatable bonds is 5. The average molecular weight is 292 g/mol. The van der Waals surface area contributed by atoms with Crippen molar-refractivity contribution >= 4 is 18.1 Å². The van der Waals surface area contributed by atoms with Crippen LogP contribution in [0, 0.1) is 5.82 Å². The third kappa shape index (κ3) is 4.82. The summed E-state index contributed by atoms with van der Waals surface area (Å²) in [5, 5.41) is 6.77. The van der Waals surface area contributed by atoms with Gasteiger partial charge in [0, 0.05) is 12.7 Å². The summed E-state index contributed by atoms with van der Waals surface area (Å²) in [4.78, 5) is 0. The number of hydrogen-bond acceptors (Lipinski definition) is 2. The van der Waals surface area contributed by atoms with Crippen LogP contribution in [0.2, 0.25) is 0 Å². The molecule has 0 saturated heterocycles. The summed E-state index contributed by atoms with van der Waals surface area (Å²) >= 11 is 0. The molecule has 1 N–H and O–H groups in total. The van der Waals surface area contributed by atoms with E-state index < -0.39 is 13.0 Å². The van der Waals surface area contributed by atoms with E-state index in [1.165, 1.54) is 29.2 Å². The maximum Gasteiger partial charge on any atom is 0.257 e. The summed E-state index contributed by atoms with van der Waals surface area (Å²) in [6.45, 7) is -0.0141. The molecule has 19 heavy (non-hydrogen) atoms. The molecule has 1 aromatic carbocycles. The first kappa shape index (κ1) is 15.4. The van der Waals surface area contributed by atoms with Gasteiger partial charge in [0.15, 0.2) is 0 Å². The van der Waals surface area contributed by atoms with E-state index in [-0.39, 0.29) is 18.2 Å². The van der Waals surface area contributed by atoms with Crippen molar-refractivity contribution < 1.29 is 13.2 Å². The van der Waals surface area contributed by atoms with Gasteiger partial charge in [0.1, 0.15) is 12.4 Å². The molecule has 2 aromatic rings. The Balaban J connectivity index is 0.00000180. The second kappa shape index (κ2) is 7.04. The van der Waals surface area contributed by atoms with Crippen LogP contribution in [0.3, 0.4) is 0 Å². The van der Waals surface area contributed by atoms with E-state index in [4.69, 9.17) is 0 Å². The number of alkyl halides is 2. The van der Waals surface area contributed by atoms with Crippen LogP contribution < -0.4 is 5.32 Å². The van der Waals surface area contributed by atoms with Gasteiger partial charge in [-0.15, -0.1) is 12.4 Å². The molecule has 0 spiro atoms. The van der Waals surface area contributed by atoms with E-state index in [0.29, 0.717) is 12.2 Å². The van der Waals surface area contributed by atoms with Gasteiger partial charge in [-0.25, -0.2) is 13.2 Å². The molecule has 1 heterocycles. The number of aromatic nitrogens is 2. The van der Waals surface area contributed by atoms with Gasteiger partial charge >= 0.3 is 0 Å². The predicted octanol–water partition coefficient (Wildman–Crippen LogP) is 3.32. The number of halogens is 4. The smallest absolute Gasteiger partial charge is 0.257 e. The van der Waals surface area contributed by atoms with Gasteiger partial charge in [0.25, 0.3) is 6.43 Å². The molecule has 1 aromatic heterocycles. The van der Waals surface area contributed by atoms with Crippen molar-refractivity contribution in [2.24, 2.45) is 0 Å². The lowest BCUT2D eigenvalue weighted by Crippen LogP contribution is -2.06. The Morgan fingerprint density at radius 1 is 1.32 bits per heavy atom. The molecule has 0 amide bonds. The maximum atomic E-state index is 12.9. The van der Waals surface area contributed by atoms with Crippen LogP contribution in [0.25, 0.3) is 0 Å². The highest BCUT2D eigenvalue weighted by atomic mass is 35.5. The minimum absolute atomic E-state index is 0. The lowest BCUT2D eigenvalue weighted by molar-refractivity contribution is 0.122. The minimum atomic E-state index is -2.43. The highest BCUT2D eigenvalue weighted by Gasteiger charge is 2.05. The zero-order valence-electron chi connectivity index (χ0n) is 9.89. The zero-order valence-corrected chi connectivity index (χ0v) is 10.7. The second-order valence-corrected chi connectivity index (χ2v) is 3.83. The molecule has 0 fully saturated rings. The van der Waals surface area contributed by atoms with Crippen LogP contribution in [0.1, 0.15) is 5.56 Å². The Morgan fingerprint density at radius 3 is 2.79 bits per heavy atom. The standard InChI is InChI=1S/C12H12F3N3.ClH/c13-10-3-1-2-9(4-10)5-16-11-6-17-18(7-11)8-12(14)15;/h1-4,6-7,12,16H,5,8H2;1H. The summed E-state index contributed by atoms with van der Waals surface area (Å²) in [7, 11) is 0. The summed E-state index contributed by atoms with van der Waals surface area (Å²) in [6.07, 6.45) is 0.522. The minimum Gasteiger partial charge on any atom is -0.378 e. The number of nitrogens with one attached hydrogen (secondary N) is 1. The monoisotopic (exact) mass is 291 g/mol. The Hall–Kier alpha value is -1.69. The largest absolute Gasteiger partial charge is 0.378 e. The van der Waals surface area contributed by atoms with Gasteiger partial charge in [0.2, 0.25) is 0 Å². The van der Waals surface area contributed by atoms with Crippen LogP contribution in [0.4, 0.5) is 18.9 Å². The second-order valence-electron chi connectivity index (χ2n) is 3.83. The SMILES string of the molecule is Cl.Fc1cccc(CNc2cnn(CC(F)F)c2)c1. The highest BCUT2D eigenvalue weighted by molar-refractivity contribution is 5.85. The molecule has 0 saturated carbocycles. The van der Waals surface area contributed by atoms with E-state index in [1.54, 1.807) is 12.1 Å². The Kier molecular flexibility index (Phi) is 5.69. The lowest BCUT2D eigenvalue weighted by atomic mass is 10.2. The van der Waals surface area contributed by atoms with Gasteiger partial charge in [-0.05, 0) is 17.7 Å². The van der Waals surface area contributed by atoms with Gasteiger partial charge in [-0.3, -0.25) is 4.68 Å². The van der Waals surface area contributed by atoms with Gasteiger partial charge in [0.05, 0.1) is 11.9 Å². The molecule has 104 valence electrons. The van der Waals surface area contributed by atoms with Crippen LogP contribution in [0.15, 0.2) is 36.7 Å². The maximum absolute atomic E-state index is 12.9. The molecule has 0 radical (unpaired) electrons. The van der Waals surface area contributed by atoms with Gasteiger partial charge in [-0.1, -0.05) is 12.1 Å². The van der Waals surface area contributed by atoms with Crippen LogP contribution in [-0.4, -0.2) is 16.2 Å². The number of hydrogen-bond donors (Lipinski definition) is 1. The Bertz CT molecular complexity index is 516. The van der Waals surface area contributed by atoms with Crippen molar-refractivity contribution in [1.29, 1.82) is 0 Å². The van der Waals surface area contributed by atoms with E-state index in [1.807, 2.05) is 0 Å². The van der Waals surface area contributed by atoms with E-state index >= 15 is 0 Å². The highest BCUT2D eigenvalue weighted by Crippen LogP contribution is 2.10. The third-order valence-corrected chi connectivity index (χ3v) is 2.34.